The largest absolute Gasteiger partial charge is 0.397 e. The maximum Gasteiger partial charge on any atom is 0.0583 e. The molecule has 112 valence electrons. The zero-order valence-electron chi connectivity index (χ0n) is 13.5. The van der Waals surface area contributed by atoms with Gasteiger partial charge < -0.3 is 11.5 Å². The van der Waals surface area contributed by atoms with Gasteiger partial charge in [-0.3, -0.25) is 0 Å². The maximum absolute atomic E-state index is 6.20. The first-order chi connectivity index (χ1) is 9.93. The standard InChI is InChI=1S/C19H26N2/c1-5-14-15(6-2)18(21)17(20)12-16(14)19(3,4)13-10-8-7-9-11-13/h7-12H,5-6,20-21H2,1-4H3. The van der Waals surface area contributed by atoms with Crippen LogP contribution in [0.25, 0.3) is 0 Å². The zero-order valence-corrected chi connectivity index (χ0v) is 13.5. The lowest BCUT2D eigenvalue weighted by Gasteiger charge is -2.31. The van der Waals surface area contributed by atoms with Gasteiger partial charge in [0.05, 0.1) is 11.4 Å². The highest BCUT2D eigenvalue weighted by atomic mass is 14.7. The smallest absolute Gasteiger partial charge is 0.0583 e. The quantitative estimate of drug-likeness (QED) is 0.821. The van der Waals surface area contributed by atoms with Crippen molar-refractivity contribution in [3.8, 4) is 0 Å². The molecule has 0 aromatic heterocycles. The number of nitrogens with two attached hydrogens (primary N) is 2. The van der Waals surface area contributed by atoms with Crippen molar-refractivity contribution >= 4 is 11.4 Å². The Kier molecular flexibility index (Phi) is 4.26. The third kappa shape index (κ3) is 2.63. The van der Waals surface area contributed by atoms with Crippen LogP contribution in [0.4, 0.5) is 11.4 Å². The molecule has 2 nitrogen and oxygen atoms in total. The second kappa shape index (κ2) is 5.80. The molecule has 0 saturated heterocycles. The molecule has 0 spiro atoms. The van der Waals surface area contributed by atoms with Crippen LogP contribution in [0, 0.1) is 0 Å². The van der Waals surface area contributed by atoms with Crippen LogP contribution < -0.4 is 11.5 Å². The van der Waals surface area contributed by atoms with E-state index in [-0.39, 0.29) is 5.41 Å². The lowest BCUT2D eigenvalue weighted by atomic mass is 9.74. The van der Waals surface area contributed by atoms with Gasteiger partial charge in [0.15, 0.2) is 0 Å². The Hall–Kier alpha value is -1.96. The molecule has 0 heterocycles. The average molecular weight is 282 g/mol. The number of benzene rings is 2. The SMILES string of the molecule is CCc1c(C(C)(C)c2ccccc2)cc(N)c(N)c1CC. The molecular formula is C19H26N2. The van der Waals surface area contributed by atoms with Crippen molar-refractivity contribution in [1.29, 1.82) is 0 Å². The molecule has 2 aromatic rings. The Labute approximate surface area is 128 Å². The summed E-state index contributed by atoms with van der Waals surface area (Å²) in [5.74, 6) is 0. The predicted octanol–water partition coefficient (Wildman–Crippen LogP) is 4.30. The molecule has 2 heteroatoms. The summed E-state index contributed by atoms with van der Waals surface area (Å²) in [4.78, 5) is 0. The summed E-state index contributed by atoms with van der Waals surface area (Å²) in [6, 6.07) is 12.7. The van der Waals surface area contributed by atoms with Crippen LogP contribution in [0.1, 0.15) is 49.9 Å². The number of rotatable bonds is 4. The van der Waals surface area contributed by atoms with Crippen LogP contribution in [-0.4, -0.2) is 0 Å². The molecule has 0 amide bonds. The fraction of sp³-hybridized carbons (Fsp3) is 0.368. The average Bonchev–Trinajstić information content (AvgIpc) is 2.50. The molecule has 0 aliphatic rings. The highest BCUT2D eigenvalue weighted by molar-refractivity contribution is 5.72. The highest BCUT2D eigenvalue weighted by Crippen LogP contribution is 2.39. The molecule has 0 aliphatic carbocycles. The minimum Gasteiger partial charge on any atom is -0.397 e. The van der Waals surface area contributed by atoms with Gasteiger partial charge in [0.1, 0.15) is 0 Å². The summed E-state index contributed by atoms with van der Waals surface area (Å²) in [6.45, 7) is 8.84. The lowest BCUT2D eigenvalue weighted by Crippen LogP contribution is -2.23. The molecule has 2 rings (SSSR count). The molecule has 0 radical (unpaired) electrons. The van der Waals surface area contributed by atoms with E-state index in [0.29, 0.717) is 5.69 Å². The van der Waals surface area contributed by atoms with E-state index < -0.39 is 0 Å². The lowest BCUT2D eigenvalue weighted by molar-refractivity contribution is 0.631. The summed E-state index contributed by atoms with van der Waals surface area (Å²) < 4.78 is 0. The summed E-state index contributed by atoms with van der Waals surface area (Å²) in [5.41, 5.74) is 18.9. The van der Waals surface area contributed by atoms with Crippen LogP contribution in [0.3, 0.4) is 0 Å². The maximum atomic E-state index is 6.20. The second-order valence-corrected chi connectivity index (χ2v) is 6.08. The molecule has 4 N–H and O–H groups in total. The zero-order chi connectivity index (χ0) is 15.6. The summed E-state index contributed by atoms with van der Waals surface area (Å²) >= 11 is 0. The Morgan fingerprint density at radius 2 is 1.48 bits per heavy atom. The van der Waals surface area contributed by atoms with Crippen LogP contribution in [0.5, 0.6) is 0 Å². The molecule has 2 aromatic carbocycles. The van der Waals surface area contributed by atoms with Gasteiger partial charge in [0, 0.05) is 5.41 Å². The van der Waals surface area contributed by atoms with Crippen molar-refractivity contribution < 1.29 is 0 Å². The van der Waals surface area contributed by atoms with Crippen LogP contribution in [0.2, 0.25) is 0 Å². The van der Waals surface area contributed by atoms with Gasteiger partial charge in [-0.1, -0.05) is 58.0 Å². The van der Waals surface area contributed by atoms with E-state index in [0.717, 1.165) is 18.5 Å². The fourth-order valence-corrected chi connectivity index (χ4v) is 3.20. The molecule has 0 aliphatic heterocycles. The van der Waals surface area contributed by atoms with Crippen molar-refractivity contribution in [3.63, 3.8) is 0 Å². The van der Waals surface area contributed by atoms with Gasteiger partial charge >= 0.3 is 0 Å². The Balaban J connectivity index is 2.71. The first kappa shape index (κ1) is 15.4. The first-order valence-corrected chi connectivity index (χ1v) is 7.69. The Morgan fingerprint density at radius 3 is 2.00 bits per heavy atom. The Bertz CT molecular complexity index is 628. The fourth-order valence-electron chi connectivity index (χ4n) is 3.20. The van der Waals surface area contributed by atoms with E-state index in [1.165, 1.54) is 22.3 Å². The van der Waals surface area contributed by atoms with Crippen LogP contribution >= 0.6 is 0 Å². The minimum atomic E-state index is -0.0850. The molecule has 21 heavy (non-hydrogen) atoms. The van der Waals surface area contributed by atoms with E-state index >= 15 is 0 Å². The van der Waals surface area contributed by atoms with Crippen molar-refractivity contribution in [2.45, 2.75) is 46.0 Å². The van der Waals surface area contributed by atoms with E-state index in [4.69, 9.17) is 11.5 Å². The third-order valence-electron chi connectivity index (χ3n) is 4.50. The van der Waals surface area contributed by atoms with Gasteiger partial charge in [-0.2, -0.15) is 0 Å². The van der Waals surface area contributed by atoms with Gasteiger partial charge in [-0.05, 0) is 41.2 Å². The summed E-state index contributed by atoms with van der Waals surface area (Å²) in [5, 5.41) is 0. The van der Waals surface area contributed by atoms with E-state index in [1.807, 2.05) is 0 Å². The van der Waals surface area contributed by atoms with Gasteiger partial charge in [0.2, 0.25) is 0 Å². The van der Waals surface area contributed by atoms with Crippen LogP contribution in [0.15, 0.2) is 36.4 Å². The highest BCUT2D eigenvalue weighted by Gasteiger charge is 2.27. The number of nitrogen functional groups attached to an aromatic ring is 2. The van der Waals surface area contributed by atoms with Gasteiger partial charge in [-0.25, -0.2) is 0 Å². The Morgan fingerprint density at radius 1 is 0.905 bits per heavy atom. The molecule has 0 fully saturated rings. The minimum absolute atomic E-state index is 0.0850. The van der Waals surface area contributed by atoms with Gasteiger partial charge in [0.25, 0.3) is 0 Å². The van der Waals surface area contributed by atoms with Crippen molar-refractivity contribution in [1.82, 2.24) is 0 Å². The number of hydrogen-bond donors (Lipinski definition) is 2. The number of hydrogen-bond acceptors (Lipinski definition) is 2. The third-order valence-corrected chi connectivity index (χ3v) is 4.50. The molecule has 0 saturated carbocycles. The topological polar surface area (TPSA) is 52.0 Å². The van der Waals surface area contributed by atoms with Crippen LogP contribution in [-0.2, 0) is 18.3 Å². The summed E-state index contributed by atoms with van der Waals surface area (Å²) in [7, 11) is 0. The molecule has 0 bridgehead atoms. The van der Waals surface area contributed by atoms with E-state index in [2.05, 4.69) is 64.1 Å². The van der Waals surface area contributed by atoms with E-state index in [1.54, 1.807) is 0 Å². The predicted molar refractivity (Wildman–Crippen MR) is 92.6 cm³/mol. The number of anilines is 2. The van der Waals surface area contributed by atoms with E-state index in [9.17, 15) is 0 Å². The normalized spacial score (nSPS) is 11.6. The molecular weight excluding hydrogens is 256 g/mol. The van der Waals surface area contributed by atoms with Crippen molar-refractivity contribution in [2.24, 2.45) is 0 Å². The van der Waals surface area contributed by atoms with Crippen molar-refractivity contribution in [2.75, 3.05) is 11.5 Å². The monoisotopic (exact) mass is 282 g/mol. The van der Waals surface area contributed by atoms with Crippen molar-refractivity contribution in [3.05, 3.63) is 58.7 Å². The first-order valence-electron chi connectivity index (χ1n) is 7.69. The van der Waals surface area contributed by atoms with Gasteiger partial charge in [-0.15, -0.1) is 0 Å². The summed E-state index contributed by atoms with van der Waals surface area (Å²) in [6.07, 6.45) is 1.89. The second-order valence-electron chi connectivity index (χ2n) is 6.08. The molecule has 0 unspecified atom stereocenters. The molecule has 0 atom stereocenters.